The van der Waals surface area contributed by atoms with Gasteiger partial charge in [-0.25, -0.2) is 8.42 Å². The van der Waals surface area contributed by atoms with Crippen LogP contribution in [0.4, 0.5) is 5.69 Å². The maximum atomic E-state index is 12.2. The van der Waals surface area contributed by atoms with E-state index in [-0.39, 0.29) is 28.6 Å². The molecule has 0 atom stereocenters. The molecule has 0 saturated heterocycles. The molecule has 0 aliphatic heterocycles. The van der Waals surface area contributed by atoms with Gasteiger partial charge in [0, 0.05) is 18.8 Å². The Balaban J connectivity index is 2.32. The average Bonchev–Trinajstić information content (AvgIpc) is 2.75. The number of aliphatic hydroxyl groups is 1. The van der Waals surface area contributed by atoms with Crippen LogP contribution in [0.1, 0.15) is 5.56 Å². The van der Waals surface area contributed by atoms with E-state index in [0.717, 1.165) is 11.3 Å². The number of hydrogen-bond acceptors (Lipinski definition) is 5. The number of thiophene rings is 1. The van der Waals surface area contributed by atoms with Crippen LogP contribution >= 0.6 is 22.9 Å². The minimum absolute atomic E-state index is 0.0956. The van der Waals surface area contributed by atoms with Gasteiger partial charge in [0.1, 0.15) is 4.21 Å². The Morgan fingerprint density at radius 3 is 2.71 bits per heavy atom. The molecule has 6 nitrogen and oxygen atoms in total. The summed E-state index contributed by atoms with van der Waals surface area (Å²) in [5.74, 6) is 0. The van der Waals surface area contributed by atoms with Gasteiger partial charge in [0.2, 0.25) is 0 Å². The molecule has 0 unspecified atom stereocenters. The summed E-state index contributed by atoms with van der Waals surface area (Å²) in [7, 11) is -3.75. The van der Waals surface area contributed by atoms with Crippen LogP contribution in [0, 0.1) is 6.92 Å². The lowest BCUT2D eigenvalue weighted by atomic mass is 10.4. The van der Waals surface area contributed by atoms with Crippen molar-refractivity contribution in [3.05, 3.63) is 44.6 Å². The van der Waals surface area contributed by atoms with Crippen molar-refractivity contribution >= 4 is 38.6 Å². The lowest BCUT2D eigenvalue weighted by molar-refractivity contribution is 0.274. The van der Waals surface area contributed by atoms with Crippen LogP contribution in [0.25, 0.3) is 0 Å². The standard InChI is InChI=1S/C12H13ClN2O4S2/c1-8-6-11(20-12(8)13)21(18,19)14-9-2-3-10(17)15(7-9)4-5-16/h2-3,6-7,14,16H,4-5H2,1H3. The van der Waals surface area contributed by atoms with Crippen LogP contribution in [0.2, 0.25) is 4.34 Å². The Morgan fingerprint density at radius 1 is 1.43 bits per heavy atom. The normalized spacial score (nSPS) is 11.6. The largest absolute Gasteiger partial charge is 0.395 e. The number of pyridine rings is 1. The number of halogens is 1. The van der Waals surface area contributed by atoms with Crippen LogP contribution in [-0.4, -0.2) is 24.7 Å². The second-order valence-corrected chi connectivity index (χ2v) is 7.86. The topological polar surface area (TPSA) is 88.4 Å². The highest BCUT2D eigenvalue weighted by molar-refractivity contribution is 7.94. The van der Waals surface area contributed by atoms with Crippen molar-refractivity contribution < 1.29 is 13.5 Å². The van der Waals surface area contributed by atoms with Gasteiger partial charge in [-0.15, -0.1) is 11.3 Å². The molecule has 0 aromatic carbocycles. The van der Waals surface area contributed by atoms with E-state index in [4.69, 9.17) is 16.7 Å². The molecule has 0 amide bonds. The van der Waals surface area contributed by atoms with E-state index in [1.54, 1.807) is 6.92 Å². The maximum Gasteiger partial charge on any atom is 0.271 e. The number of aliphatic hydroxyl groups excluding tert-OH is 1. The second-order valence-electron chi connectivity index (χ2n) is 4.30. The third-order valence-corrected chi connectivity index (χ3v) is 6.09. The molecule has 0 aliphatic rings. The molecule has 21 heavy (non-hydrogen) atoms. The van der Waals surface area contributed by atoms with E-state index in [1.165, 1.54) is 29.0 Å². The van der Waals surface area contributed by atoms with E-state index in [1.807, 2.05) is 0 Å². The lowest BCUT2D eigenvalue weighted by Gasteiger charge is -2.09. The van der Waals surface area contributed by atoms with E-state index in [2.05, 4.69) is 4.72 Å². The Bertz CT molecular complexity index is 791. The Hall–Kier alpha value is -1.35. The summed E-state index contributed by atoms with van der Waals surface area (Å²) in [6.45, 7) is 1.60. The van der Waals surface area contributed by atoms with Gasteiger partial charge in [0.25, 0.3) is 15.6 Å². The first-order chi connectivity index (χ1) is 9.83. The highest BCUT2D eigenvalue weighted by atomic mass is 35.5. The van der Waals surface area contributed by atoms with Crippen molar-refractivity contribution in [1.82, 2.24) is 4.57 Å². The van der Waals surface area contributed by atoms with E-state index in [9.17, 15) is 13.2 Å². The minimum Gasteiger partial charge on any atom is -0.395 e. The third kappa shape index (κ3) is 3.65. The molecule has 2 rings (SSSR count). The lowest BCUT2D eigenvalue weighted by Crippen LogP contribution is -2.21. The van der Waals surface area contributed by atoms with Crippen molar-refractivity contribution in [2.24, 2.45) is 0 Å². The zero-order valence-electron chi connectivity index (χ0n) is 11.0. The van der Waals surface area contributed by atoms with Crippen molar-refractivity contribution in [3.63, 3.8) is 0 Å². The smallest absolute Gasteiger partial charge is 0.271 e. The highest BCUT2D eigenvalue weighted by Gasteiger charge is 2.18. The van der Waals surface area contributed by atoms with Gasteiger partial charge < -0.3 is 9.67 Å². The van der Waals surface area contributed by atoms with Crippen LogP contribution in [0.5, 0.6) is 0 Å². The zero-order chi connectivity index (χ0) is 15.6. The van der Waals surface area contributed by atoms with Gasteiger partial charge in [0.05, 0.1) is 16.6 Å². The summed E-state index contributed by atoms with van der Waals surface area (Å²) in [6, 6.07) is 4.09. The molecule has 2 aromatic rings. The monoisotopic (exact) mass is 348 g/mol. The summed E-state index contributed by atoms with van der Waals surface area (Å²) in [5.41, 5.74) is 0.611. The molecular weight excluding hydrogens is 336 g/mol. The van der Waals surface area contributed by atoms with Crippen molar-refractivity contribution in [3.8, 4) is 0 Å². The number of anilines is 1. The van der Waals surface area contributed by atoms with Crippen LogP contribution < -0.4 is 10.3 Å². The number of nitrogens with zero attached hydrogens (tertiary/aromatic N) is 1. The molecular formula is C12H13ClN2O4S2. The molecule has 9 heteroatoms. The summed E-state index contributed by atoms with van der Waals surface area (Å²) in [6.07, 6.45) is 1.35. The average molecular weight is 349 g/mol. The molecule has 0 bridgehead atoms. The Labute approximate surface area is 130 Å². The van der Waals surface area contributed by atoms with Crippen LogP contribution in [0.3, 0.4) is 0 Å². The predicted molar refractivity (Wildman–Crippen MR) is 82.7 cm³/mol. The fourth-order valence-corrected chi connectivity index (χ4v) is 4.39. The van der Waals surface area contributed by atoms with Crippen molar-refractivity contribution in [2.75, 3.05) is 11.3 Å². The summed E-state index contributed by atoms with van der Waals surface area (Å²) in [5, 5.41) is 8.87. The third-order valence-electron chi connectivity index (χ3n) is 2.68. The Kier molecular flexibility index (Phi) is 4.72. The molecule has 0 saturated carbocycles. The van der Waals surface area contributed by atoms with Crippen molar-refractivity contribution in [1.29, 1.82) is 0 Å². The van der Waals surface area contributed by atoms with Crippen molar-refractivity contribution in [2.45, 2.75) is 17.7 Å². The van der Waals surface area contributed by atoms with E-state index in [0.29, 0.717) is 9.90 Å². The molecule has 2 aromatic heterocycles. The molecule has 0 spiro atoms. The molecule has 0 radical (unpaired) electrons. The number of sulfonamides is 1. The quantitative estimate of drug-likeness (QED) is 0.860. The van der Waals surface area contributed by atoms with Crippen LogP contribution in [0.15, 0.2) is 33.4 Å². The number of aryl methyl sites for hydroxylation is 1. The predicted octanol–water partition coefficient (Wildman–Crippen LogP) is 1.66. The van der Waals surface area contributed by atoms with E-state index < -0.39 is 10.0 Å². The fourth-order valence-electron chi connectivity index (χ4n) is 1.64. The molecule has 2 heterocycles. The zero-order valence-corrected chi connectivity index (χ0v) is 13.4. The first-order valence-electron chi connectivity index (χ1n) is 5.93. The van der Waals surface area contributed by atoms with Crippen LogP contribution in [-0.2, 0) is 16.6 Å². The molecule has 2 N–H and O–H groups in total. The first-order valence-corrected chi connectivity index (χ1v) is 8.61. The SMILES string of the molecule is Cc1cc(S(=O)(=O)Nc2ccc(=O)n(CCO)c2)sc1Cl. The first kappa shape index (κ1) is 16.0. The molecule has 0 aliphatic carbocycles. The van der Waals surface area contributed by atoms with Gasteiger partial charge in [-0.3, -0.25) is 9.52 Å². The molecule has 0 fully saturated rings. The van der Waals surface area contributed by atoms with Gasteiger partial charge in [-0.1, -0.05) is 11.6 Å². The number of nitrogens with one attached hydrogen (secondary N) is 1. The van der Waals surface area contributed by atoms with Gasteiger partial charge in [0.15, 0.2) is 0 Å². The highest BCUT2D eigenvalue weighted by Crippen LogP contribution is 2.31. The number of rotatable bonds is 5. The Morgan fingerprint density at radius 2 is 2.14 bits per heavy atom. The van der Waals surface area contributed by atoms with Gasteiger partial charge in [-0.2, -0.15) is 0 Å². The second kappa shape index (κ2) is 6.18. The maximum absolute atomic E-state index is 12.2. The molecule has 114 valence electrons. The summed E-state index contributed by atoms with van der Waals surface area (Å²) in [4.78, 5) is 11.5. The number of hydrogen-bond donors (Lipinski definition) is 2. The van der Waals surface area contributed by atoms with Gasteiger partial charge in [-0.05, 0) is 24.6 Å². The van der Waals surface area contributed by atoms with E-state index >= 15 is 0 Å². The fraction of sp³-hybridized carbons (Fsp3) is 0.250. The summed E-state index contributed by atoms with van der Waals surface area (Å²) < 4.78 is 28.6. The minimum atomic E-state index is -3.75. The van der Waals surface area contributed by atoms with Gasteiger partial charge >= 0.3 is 0 Å². The summed E-state index contributed by atoms with van der Waals surface area (Å²) >= 11 is 6.84. The number of aromatic nitrogens is 1.